The third-order valence-electron chi connectivity index (χ3n) is 5.19. The molecule has 0 fully saturated rings. The fourth-order valence-corrected chi connectivity index (χ4v) is 3.62. The van der Waals surface area contributed by atoms with Crippen molar-refractivity contribution in [3.63, 3.8) is 0 Å². The molecule has 0 N–H and O–H groups in total. The van der Waals surface area contributed by atoms with Gasteiger partial charge in [0.25, 0.3) is 0 Å². The fourth-order valence-electron chi connectivity index (χ4n) is 3.62. The number of carbonyl (C=O) groups is 2. The first-order chi connectivity index (χ1) is 12.6. The normalized spacial score (nSPS) is 21.8. The van der Waals surface area contributed by atoms with E-state index in [0.29, 0.717) is 11.1 Å². The molecule has 0 atom stereocenters. The Bertz CT molecular complexity index is 905. The summed E-state index contributed by atoms with van der Waals surface area (Å²) in [5, 5.41) is 13.5. The van der Waals surface area contributed by atoms with Gasteiger partial charge in [0.2, 0.25) is 0 Å². The van der Waals surface area contributed by atoms with E-state index in [4.69, 9.17) is 0 Å². The molecule has 2 aliphatic rings. The SMILES string of the molecule is CC(/C=C/C1=CC(C)(C)N([O])C1(C)C)=C\C=C1C(=O)c2ccccc2C1=O. The molecule has 0 saturated carbocycles. The lowest BCUT2D eigenvalue weighted by atomic mass is 9.95. The first kappa shape index (κ1) is 19.2. The number of Topliss-reactive ketones (excluding diaryl/α,β-unsaturated/α-hetero) is 2. The van der Waals surface area contributed by atoms with Gasteiger partial charge in [-0.05, 0) is 46.3 Å². The van der Waals surface area contributed by atoms with Gasteiger partial charge in [0.05, 0.1) is 16.7 Å². The van der Waals surface area contributed by atoms with E-state index in [1.165, 1.54) is 0 Å². The van der Waals surface area contributed by atoms with E-state index in [-0.39, 0.29) is 17.1 Å². The fraction of sp³-hybridized carbons (Fsp3) is 0.304. The van der Waals surface area contributed by atoms with Gasteiger partial charge in [-0.1, -0.05) is 54.1 Å². The van der Waals surface area contributed by atoms with Crippen LogP contribution in [-0.2, 0) is 5.21 Å². The van der Waals surface area contributed by atoms with E-state index < -0.39 is 11.1 Å². The predicted octanol–water partition coefficient (Wildman–Crippen LogP) is 4.64. The summed E-state index contributed by atoms with van der Waals surface area (Å²) >= 11 is 0. The zero-order chi connectivity index (χ0) is 20.0. The number of hydrogen-bond acceptors (Lipinski definition) is 3. The summed E-state index contributed by atoms with van der Waals surface area (Å²) in [6, 6.07) is 6.87. The van der Waals surface area contributed by atoms with Gasteiger partial charge in [-0.2, -0.15) is 0 Å². The monoisotopic (exact) mass is 362 g/mol. The lowest BCUT2D eigenvalue weighted by Crippen LogP contribution is -2.46. The molecule has 4 nitrogen and oxygen atoms in total. The summed E-state index contributed by atoms with van der Waals surface area (Å²) in [4.78, 5) is 24.8. The average Bonchev–Trinajstić information content (AvgIpc) is 2.95. The zero-order valence-corrected chi connectivity index (χ0v) is 16.4. The topological polar surface area (TPSA) is 57.3 Å². The molecule has 4 heteroatoms. The van der Waals surface area contributed by atoms with Crippen LogP contribution in [0.3, 0.4) is 0 Å². The Kier molecular flexibility index (Phi) is 4.66. The molecule has 3 rings (SSSR count). The van der Waals surface area contributed by atoms with Crippen molar-refractivity contribution in [2.45, 2.75) is 45.7 Å². The summed E-state index contributed by atoms with van der Waals surface area (Å²) in [5.74, 6) is -0.459. The molecule has 0 saturated heterocycles. The summed E-state index contributed by atoms with van der Waals surface area (Å²) in [6.45, 7) is 9.49. The van der Waals surface area contributed by atoms with Crippen molar-refractivity contribution in [2.75, 3.05) is 0 Å². The molecule has 0 spiro atoms. The number of fused-ring (bicyclic) bond motifs is 1. The maximum Gasteiger partial charge on any atom is 0.197 e. The largest absolute Gasteiger partial charge is 0.288 e. The van der Waals surface area contributed by atoms with E-state index in [0.717, 1.165) is 16.2 Å². The summed E-state index contributed by atoms with van der Waals surface area (Å²) < 4.78 is 0. The van der Waals surface area contributed by atoms with Crippen molar-refractivity contribution in [3.05, 3.63) is 82.5 Å². The van der Waals surface area contributed by atoms with Crippen molar-refractivity contribution in [1.29, 1.82) is 0 Å². The van der Waals surface area contributed by atoms with Crippen LogP contribution in [0.25, 0.3) is 0 Å². The number of hydrogen-bond donors (Lipinski definition) is 0. The maximum absolute atomic E-state index is 12.4. The Hall–Kier alpha value is -2.56. The van der Waals surface area contributed by atoms with Gasteiger partial charge in [-0.15, -0.1) is 10.3 Å². The van der Waals surface area contributed by atoms with Crippen LogP contribution in [-0.4, -0.2) is 27.7 Å². The second kappa shape index (κ2) is 6.55. The highest BCUT2D eigenvalue weighted by molar-refractivity contribution is 6.39. The molecular weight excluding hydrogens is 338 g/mol. The van der Waals surface area contributed by atoms with E-state index >= 15 is 0 Å². The summed E-state index contributed by atoms with van der Waals surface area (Å²) in [5.41, 5.74) is 1.81. The van der Waals surface area contributed by atoms with E-state index in [1.54, 1.807) is 36.4 Å². The third kappa shape index (κ3) is 3.27. The predicted molar refractivity (Wildman–Crippen MR) is 105 cm³/mol. The molecule has 139 valence electrons. The van der Waals surface area contributed by atoms with Crippen molar-refractivity contribution in [2.24, 2.45) is 0 Å². The molecule has 1 aromatic rings. The Morgan fingerprint density at radius 3 is 2.04 bits per heavy atom. The number of ketones is 2. The van der Waals surface area contributed by atoms with Gasteiger partial charge in [0.1, 0.15) is 0 Å². The molecule has 0 unspecified atom stereocenters. The Morgan fingerprint density at radius 2 is 1.56 bits per heavy atom. The lowest BCUT2D eigenvalue weighted by Gasteiger charge is -2.33. The van der Waals surface area contributed by atoms with E-state index in [1.807, 2.05) is 52.8 Å². The van der Waals surface area contributed by atoms with Gasteiger partial charge in [0, 0.05) is 11.1 Å². The molecule has 1 aliphatic heterocycles. The Morgan fingerprint density at radius 1 is 1.00 bits per heavy atom. The first-order valence-electron chi connectivity index (χ1n) is 9.01. The molecule has 1 radical (unpaired) electrons. The second-order valence-corrected chi connectivity index (χ2v) is 8.13. The molecule has 1 aromatic carbocycles. The van der Waals surface area contributed by atoms with Gasteiger partial charge in [-0.25, -0.2) is 0 Å². The average molecular weight is 362 g/mol. The Labute approximate surface area is 160 Å². The Balaban J connectivity index is 1.82. The van der Waals surface area contributed by atoms with Crippen molar-refractivity contribution < 1.29 is 14.8 Å². The van der Waals surface area contributed by atoms with Crippen LogP contribution in [0.5, 0.6) is 0 Å². The molecule has 0 bridgehead atoms. The van der Waals surface area contributed by atoms with Crippen LogP contribution in [0.2, 0.25) is 0 Å². The number of nitrogens with zero attached hydrogens (tertiary/aromatic N) is 1. The zero-order valence-electron chi connectivity index (χ0n) is 16.4. The molecular formula is C23H24NO3. The first-order valence-corrected chi connectivity index (χ1v) is 9.01. The molecule has 27 heavy (non-hydrogen) atoms. The van der Waals surface area contributed by atoms with Gasteiger partial charge >= 0.3 is 0 Å². The molecule has 1 aliphatic carbocycles. The van der Waals surface area contributed by atoms with Crippen LogP contribution < -0.4 is 0 Å². The quantitative estimate of drug-likeness (QED) is 0.447. The van der Waals surface area contributed by atoms with Crippen molar-refractivity contribution in [1.82, 2.24) is 5.06 Å². The second-order valence-electron chi connectivity index (χ2n) is 8.13. The van der Waals surface area contributed by atoms with Crippen LogP contribution in [0.15, 0.2) is 71.4 Å². The van der Waals surface area contributed by atoms with Crippen molar-refractivity contribution >= 4 is 11.6 Å². The van der Waals surface area contributed by atoms with Gasteiger partial charge < -0.3 is 0 Å². The van der Waals surface area contributed by atoms with Crippen molar-refractivity contribution in [3.8, 4) is 0 Å². The third-order valence-corrected chi connectivity index (χ3v) is 5.19. The number of allylic oxidation sites excluding steroid dienone is 5. The smallest absolute Gasteiger partial charge is 0.197 e. The van der Waals surface area contributed by atoms with Crippen LogP contribution in [0.4, 0.5) is 0 Å². The lowest BCUT2D eigenvalue weighted by molar-refractivity contribution is -0.238. The molecule has 0 amide bonds. The highest BCUT2D eigenvalue weighted by Crippen LogP contribution is 2.39. The minimum Gasteiger partial charge on any atom is -0.288 e. The number of benzene rings is 1. The molecule has 0 aromatic heterocycles. The number of rotatable bonds is 3. The summed E-state index contributed by atoms with van der Waals surface area (Å²) in [6.07, 6.45) is 9.15. The highest BCUT2D eigenvalue weighted by atomic mass is 16.5. The minimum absolute atomic E-state index is 0.191. The minimum atomic E-state index is -0.599. The van der Waals surface area contributed by atoms with Crippen LogP contribution in [0.1, 0.15) is 55.3 Å². The van der Waals surface area contributed by atoms with Crippen LogP contribution in [0, 0.1) is 0 Å². The van der Waals surface area contributed by atoms with Gasteiger partial charge in [-0.3, -0.25) is 9.59 Å². The number of carbonyl (C=O) groups excluding carboxylic acids is 2. The highest BCUT2D eigenvalue weighted by Gasteiger charge is 2.45. The standard InChI is InChI=1S/C23H24NO3/c1-15(10-12-16-14-22(2,3)24(27)23(16,4)5)11-13-19-20(25)17-8-6-7-9-18(17)21(19)26/h6-14H,1-5H3/b12-10+,15-11+. The summed E-state index contributed by atoms with van der Waals surface area (Å²) in [7, 11) is 0. The maximum atomic E-state index is 12.4. The van der Waals surface area contributed by atoms with E-state index in [9.17, 15) is 14.8 Å². The number of hydroxylamine groups is 2. The molecule has 1 heterocycles. The van der Waals surface area contributed by atoms with Gasteiger partial charge in [0.15, 0.2) is 11.6 Å². The van der Waals surface area contributed by atoms with Crippen LogP contribution >= 0.6 is 0 Å². The van der Waals surface area contributed by atoms with E-state index in [2.05, 4.69) is 0 Å².